The van der Waals surface area contributed by atoms with E-state index in [0.717, 1.165) is 17.9 Å². The monoisotopic (exact) mass is 230 g/mol. The number of para-hydroxylation sites is 1. The van der Waals surface area contributed by atoms with Crippen molar-refractivity contribution in [1.82, 2.24) is 5.32 Å². The van der Waals surface area contributed by atoms with Crippen LogP contribution in [0.25, 0.3) is 0 Å². The van der Waals surface area contributed by atoms with Gasteiger partial charge in [-0.25, -0.2) is 0 Å². The highest BCUT2D eigenvalue weighted by Crippen LogP contribution is 2.17. The first-order valence-electron chi connectivity index (χ1n) is 4.90. The standard InChI is InChI=1S/C11H17NO2.ClH/c1-2-14-11-6-4-3-5-10(11)9-12-7-8-13;/h3-6,12-13H,2,7-9H2,1H3;1H/p-1. The maximum Gasteiger partial charge on any atom is 0.123 e. The molecule has 15 heavy (non-hydrogen) atoms. The van der Waals surface area contributed by atoms with Gasteiger partial charge in [0, 0.05) is 18.7 Å². The molecule has 0 aliphatic heterocycles. The quantitative estimate of drug-likeness (QED) is 0.565. The summed E-state index contributed by atoms with van der Waals surface area (Å²) in [6, 6.07) is 7.92. The highest BCUT2D eigenvalue weighted by Gasteiger charge is 2.00. The molecule has 0 aliphatic rings. The van der Waals surface area contributed by atoms with Gasteiger partial charge in [0.2, 0.25) is 0 Å². The Labute approximate surface area is 96.9 Å². The van der Waals surface area contributed by atoms with Crippen molar-refractivity contribution in [2.75, 3.05) is 19.8 Å². The molecule has 0 amide bonds. The summed E-state index contributed by atoms with van der Waals surface area (Å²) in [4.78, 5) is 0. The molecule has 0 saturated carbocycles. The fourth-order valence-corrected chi connectivity index (χ4v) is 1.25. The van der Waals surface area contributed by atoms with Crippen LogP contribution in [0.5, 0.6) is 5.75 Å². The molecule has 1 rings (SSSR count). The number of hydrogen-bond acceptors (Lipinski definition) is 3. The van der Waals surface area contributed by atoms with Crippen LogP contribution in [0.3, 0.4) is 0 Å². The van der Waals surface area contributed by atoms with Gasteiger partial charge in [-0.15, -0.1) is 0 Å². The molecule has 0 spiro atoms. The first-order valence-corrected chi connectivity index (χ1v) is 4.90. The zero-order valence-corrected chi connectivity index (χ0v) is 9.63. The number of ether oxygens (including phenoxy) is 1. The largest absolute Gasteiger partial charge is 1.00 e. The second-order valence-corrected chi connectivity index (χ2v) is 2.94. The SMILES string of the molecule is CCOc1ccccc1CNCCO.[Cl-]. The third-order valence-electron chi connectivity index (χ3n) is 1.88. The molecule has 0 atom stereocenters. The molecule has 0 fully saturated rings. The highest BCUT2D eigenvalue weighted by molar-refractivity contribution is 5.33. The second-order valence-electron chi connectivity index (χ2n) is 2.94. The second kappa shape index (κ2) is 8.53. The summed E-state index contributed by atoms with van der Waals surface area (Å²) in [7, 11) is 0. The minimum Gasteiger partial charge on any atom is -1.00 e. The lowest BCUT2D eigenvalue weighted by molar-refractivity contribution is -0.00000453. The molecular weight excluding hydrogens is 214 g/mol. The Morgan fingerprint density at radius 3 is 2.73 bits per heavy atom. The van der Waals surface area contributed by atoms with E-state index in [4.69, 9.17) is 9.84 Å². The number of aliphatic hydroxyl groups excluding tert-OH is 1. The summed E-state index contributed by atoms with van der Waals surface area (Å²) >= 11 is 0. The fraction of sp³-hybridized carbons (Fsp3) is 0.455. The maximum absolute atomic E-state index is 8.62. The molecule has 0 aromatic heterocycles. The van der Waals surface area contributed by atoms with Crippen LogP contribution in [-0.2, 0) is 6.54 Å². The topological polar surface area (TPSA) is 41.5 Å². The minimum absolute atomic E-state index is 0. The molecule has 0 aliphatic carbocycles. The van der Waals surface area contributed by atoms with Crippen molar-refractivity contribution in [2.45, 2.75) is 13.5 Å². The predicted molar refractivity (Wildman–Crippen MR) is 56.4 cm³/mol. The lowest BCUT2D eigenvalue weighted by atomic mass is 10.2. The van der Waals surface area contributed by atoms with E-state index in [9.17, 15) is 0 Å². The molecule has 0 unspecified atom stereocenters. The van der Waals surface area contributed by atoms with Gasteiger partial charge in [0.05, 0.1) is 13.2 Å². The van der Waals surface area contributed by atoms with Crippen molar-refractivity contribution in [3.05, 3.63) is 29.8 Å². The number of benzene rings is 1. The van der Waals surface area contributed by atoms with Gasteiger partial charge in [0.1, 0.15) is 5.75 Å². The summed E-state index contributed by atoms with van der Waals surface area (Å²) in [5, 5.41) is 11.7. The number of rotatable bonds is 6. The Kier molecular flexibility index (Phi) is 8.09. The van der Waals surface area contributed by atoms with Crippen molar-refractivity contribution in [3.63, 3.8) is 0 Å². The van der Waals surface area contributed by atoms with E-state index in [0.29, 0.717) is 13.2 Å². The number of nitrogens with one attached hydrogen (secondary N) is 1. The van der Waals surface area contributed by atoms with Crippen molar-refractivity contribution in [2.24, 2.45) is 0 Å². The first kappa shape index (κ1) is 14.2. The summed E-state index contributed by atoms with van der Waals surface area (Å²) in [5.74, 6) is 0.917. The molecule has 1 aromatic rings. The maximum atomic E-state index is 8.62. The first-order chi connectivity index (χ1) is 6.88. The Bertz CT molecular complexity index is 269. The Balaban J connectivity index is 0.00000196. The van der Waals surface area contributed by atoms with Crippen molar-refractivity contribution in [1.29, 1.82) is 0 Å². The van der Waals surface area contributed by atoms with E-state index < -0.39 is 0 Å². The number of hydrogen-bond donors (Lipinski definition) is 2. The normalized spacial score (nSPS) is 9.47. The van der Waals surface area contributed by atoms with Crippen LogP contribution in [0.2, 0.25) is 0 Å². The lowest BCUT2D eigenvalue weighted by Gasteiger charge is -2.09. The van der Waals surface area contributed by atoms with E-state index in [1.54, 1.807) is 0 Å². The predicted octanol–water partition coefficient (Wildman–Crippen LogP) is -1.83. The van der Waals surface area contributed by atoms with Crippen molar-refractivity contribution >= 4 is 0 Å². The molecule has 3 nitrogen and oxygen atoms in total. The van der Waals surface area contributed by atoms with E-state index >= 15 is 0 Å². The molecule has 0 saturated heterocycles. The third kappa shape index (κ3) is 5.02. The smallest absolute Gasteiger partial charge is 0.123 e. The van der Waals surface area contributed by atoms with Crippen LogP contribution in [0.15, 0.2) is 24.3 Å². The van der Waals surface area contributed by atoms with E-state index in [-0.39, 0.29) is 19.0 Å². The van der Waals surface area contributed by atoms with Crippen LogP contribution in [-0.4, -0.2) is 24.9 Å². The Morgan fingerprint density at radius 1 is 1.33 bits per heavy atom. The Hall–Kier alpha value is -0.770. The van der Waals surface area contributed by atoms with Crippen LogP contribution in [0.4, 0.5) is 0 Å². The minimum atomic E-state index is 0. The van der Waals surface area contributed by atoms with Gasteiger partial charge in [-0.2, -0.15) is 0 Å². The summed E-state index contributed by atoms with van der Waals surface area (Å²) < 4.78 is 5.47. The van der Waals surface area contributed by atoms with Gasteiger partial charge in [-0.3, -0.25) is 0 Å². The molecule has 4 heteroatoms. The van der Waals surface area contributed by atoms with Crippen LogP contribution < -0.4 is 22.5 Å². The molecule has 1 aromatic carbocycles. The van der Waals surface area contributed by atoms with Gasteiger partial charge in [0.15, 0.2) is 0 Å². The average molecular weight is 231 g/mol. The van der Waals surface area contributed by atoms with Gasteiger partial charge >= 0.3 is 0 Å². The summed E-state index contributed by atoms with van der Waals surface area (Å²) in [6.07, 6.45) is 0. The van der Waals surface area contributed by atoms with Gasteiger partial charge in [-0.05, 0) is 13.0 Å². The average Bonchev–Trinajstić information content (AvgIpc) is 2.21. The molecule has 86 valence electrons. The molecular formula is C11H17ClNO2-. The zero-order chi connectivity index (χ0) is 10.2. The fourth-order valence-electron chi connectivity index (χ4n) is 1.25. The lowest BCUT2D eigenvalue weighted by Crippen LogP contribution is -3.00. The molecule has 0 heterocycles. The Morgan fingerprint density at radius 2 is 2.07 bits per heavy atom. The van der Waals surface area contributed by atoms with Gasteiger partial charge in [-0.1, -0.05) is 18.2 Å². The van der Waals surface area contributed by atoms with E-state index in [1.807, 2.05) is 31.2 Å². The van der Waals surface area contributed by atoms with Crippen molar-refractivity contribution < 1.29 is 22.3 Å². The highest BCUT2D eigenvalue weighted by atomic mass is 35.5. The van der Waals surface area contributed by atoms with Crippen LogP contribution >= 0.6 is 0 Å². The molecule has 0 radical (unpaired) electrons. The molecule has 0 bridgehead atoms. The summed E-state index contributed by atoms with van der Waals surface area (Å²) in [6.45, 7) is 4.16. The number of aliphatic hydroxyl groups is 1. The molecule has 2 N–H and O–H groups in total. The summed E-state index contributed by atoms with van der Waals surface area (Å²) in [5.41, 5.74) is 1.13. The zero-order valence-electron chi connectivity index (χ0n) is 8.87. The van der Waals surface area contributed by atoms with Gasteiger partial charge < -0.3 is 27.6 Å². The van der Waals surface area contributed by atoms with E-state index in [2.05, 4.69) is 5.32 Å². The third-order valence-corrected chi connectivity index (χ3v) is 1.88. The van der Waals surface area contributed by atoms with E-state index in [1.165, 1.54) is 0 Å². The van der Waals surface area contributed by atoms with Crippen LogP contribution in [0.1, 0.15) is 12.5 Å². The van der Waals surface area contributed by atoms with Gasteiger partial charge in [0.25, 0.3) is 0 Å². The number of halogens is 1. The van der Waals surface area contributed by atoms with Crippen molar-refractivity contribution in [3.8, 4) is 5.75 Å². The van der Waals surface area contributed by atoms with Crippen LogP contribution in [0, 0.1) is 0 Å².